The Morgan fingerprint density at radius 3 is 2.75 bits per heavy atom. The molecule has 106 valence electrons. The van der Waals surface area contributed by atoms with Gasteiger partial charge < -0.3 is 5.11 Å². The molecule has 1 N–H and O–H groups in total. The summed E-state index contributed by atoms with van der Waals surface area (Å²) in [5.41, 5.74) is 2.02. The van der Waals surface area contributed by atoms with E-state index in [1.807, 2.05) is 48.4 Å². The predicted octanol–water partition coefficient (Wildman–Crippen LogP) is 2.17. The number of hydrogen-bond acceptors (Lipinski definition) is 3. The Kier molecular flexibility index (Phi) is 4.90. The number of aliphatic carboxylic acids is 1. The number of carbonyl (C=O) groups is 1. The summed E-state index contributed by atoms with van der Waals surface area (Å²) in [5, 5.41) is 13.2. The number of hydrogen-bond donors (Lipinski definition) is 1. The number of carboxylic acids is 1. The third-order valence-corrected chi connectivity index (χ3v) is 2.96. The van der Waals surface area contributed by atoms with E-state index >= 15 is 0 Å². The zero-order valence-corrected chi connectivity index (χ0v) is 11.6. The lowest BCUT2D eigenvalue weighted by atomic mass is 10.3. The van der Waals surface area contributed by atoms with Crippen LogP contribution in [-0.2, 0) is 11.3 Å². The van der Waals surface area contributed by atoms with E-state index in [1.165, 1.54) is 0 Å². The zero-order chi connectivity index (χ0) is 14.4. The van der Waals surface area contributed by atoms with Gasteiger partial charge in [-0.15, -0.1) is 0 Å². The first-order valence-electron chi connectivity index (χ1n) is 6.72. The van der Waals surface area contributed by atoms with Crippen LogP contribution in [0.4, 0.5) is 0 Å². The fourth-order valence-electron chi connectivity index (χ4n) is 2.14. The van der Waals surface area contributed by atoms with Crippen molar-refractivity contribution in [3.63, 3.8) is 0 Å². The Balaban J connectivity index is 2.06. The molecular weight excluding hydrogens is 254 g/mol. The van der Waals surface area contributed by atoms with E-state index in [4.69, 9.17) is 5.11 Å². The first-order chi connectivity index (χ1) is 9.69. The smallest absolute Gasteiger partial charge is 0.317 e. The van der Waals surface area contributed by atoms with Crippen molar-refractivity contribution >= 4 is 5.97 Å². The average molecular weight is 273 g/mol. The molecule has 0 saturated heterocycles. The van der Waals surface area contributed by atoms with Crippen LogP contribution in [0.15, 0.2) is 42.7 Å². The van der Waals surface area contributed by atoms with E-state index in [9.17, 15) is 4.79 Å². The normalized spacial score (nSPS) is 10.9. The van der Waals surface area contributed by atoms with Crippen LogP contribution in [0.25, 0.3) is 5.69 Å². The van der Waals surface area contributed by atoms with Crippen molar-refractivity contribution in [3.8, 4) is 5.69 Å². The lowest BCUT2D eigenvalue weighted by Crippen LogP contribution is -2.29. The Hall–Kier alpha value is -2.14. The van der Waals surface area contributed by atoms with Gasteiger partial charge in [-0.05, 0) is 25.1 Å². The number of aromatic nitrogens is 2. The van der Waals surface area contributed by atoms with Gasteiger partial charge in [-0.2, -0.15) is 5.10 Å². The van der Waals surface area contributed by atoms with Crippen molar-refractivity contribution in [2.75, 3.05) is 13.1 Å². The molecule has 2 rings (SSSR count). The van der Waals surface area contributed by atoms with Gasteiger partial charge in [0.1, 0.15) is 0 Å². The molecule has 2 aromatic rings. The molecule has 0 amide bonds. The highest BCUT2D eigenvalue weighted by Gasteiger charge is 2.10. The topological polar surface area (TPSA) is 58.4 Å². The third-order valence-electron chi connectivity index (χ3n) is 2.96. The van der Waals surface area contributed by atoms with Gasteiger partial charge in [-0.1, -0.05) is 25.1 Å². The van der Waals surface area contributed by atoms with Crippen LogP contribution in [0.5, 0.6) is 0 Å². The van der Waals surface area contributed by atoms with Crippen molar-refractivity contribution in [2.45, 2.75) is 19.9 Å². The molecule has 0 fully saturated rings. The Bertz CT molecular complexity index is 551. The Morgan fingerprint density at radius 1 is 1.35 bits per heavy atom. The summed E-state index contributed by atoms with van der Waals surface area (Å²) >= 11 is 0. The van der Waals surface area contributed by atoms with Gasteiger partial charge in [0, 0.05) is 18.3 Å². The minimum Gasteiger partial charge on any atom is -0.480 e. The first kappa shape index (κ1) is 14.3. The molecule has 0 atom stereocenters. The maximum atomic E-state index is 10.8. The van der Waals surface area contributed by atoms with Crippen molar-refractivity contribution in [1.29, 1.82) is 0 Å². The van der Waals surface area contributed by atoms with E-state index in [2.05, 4.69) is 5.10 Å². The van der Waals surface area contributed by atoms with Gasteiger partial charge in [-0.3, -0.25) is 9.69 Å². The summed E-state index contributed by atoms with van der Waals surface area (Å²) in [6, 6.07) is 9.86. The number of para-hydroxylation sites is 1. The molecule has 0 spiro atoms. The highest BCUT2D eigenvalue weighted by atomic mass is 16.4. The van der Waals surface area contributed by atoms with E-state index in [0.29, 0.717) is 6.54 Å². The maximum absolute atomic E-state index is 10.8. The number of carboxylic acid groups (broad SMARTS) is 1. The molecular formula is C15H19N3O2. The summed E-state index contributed by atoms with van der Waals surface area (Å²) in [6.07, 6.45) is 4.66. The maximum Gasteiger partial charge on any atom is 0.317 e. The lowest BCUT2D eigenvalue weighted by Gasteiger charge is -2.18. The molecule has 0 unspecified atom stereocenters. The molecule has 0 aliphatic rings. The number of nitrogens with zero attached hydrogens (tertiary/aromatic N) is 3. The number of benzene rings is 1. The summed E-state index contributed by atoms with van der Waals surface area (Å²) in [5.74, 6) is -0.797. The van der Waals surface area contributed by atoms with Gasteiger partial charge in [0.25, 0.3) is 0 Å². The highest BCUT2D eigenvalue weighted by Crippen LogP contribution is 2.10. The van der Waals surface area contributed by atoms with Crippen LogP contribution in [0, 0.1) is 0 Å². The molecule has 1 aromatic heterocycles. The molecule has 5 heteroatoms. The fraction of sp³-hybridized carbons (Fsp3) is 0.333. The summed E-state index contributed by atoms with van der Waals surface area (Å²) < 4.78 is 1.81. The Morgan fingerprint density at radius 2 is 2.10 bits per heavy atom. The van der Waals surface area contributed by atoms with Gasteiger partial charge in [0.05, 0.1) is 18.4 Å². The third kappa shape index (κ3) is 3.93. The molecule has 1 heterocycles. The molecule has 1 aromatic carbocycles. The quantitative estimate of drug-likeness (QED) is 0.840. The SMILES string of the molecule is CCCN(CC(=O)O)Cc1cnn(-c2ccccc2)c1. The van der Waals surface area contributed by atoms with E-state index < -0.39 is 5.97 Å². The van der Waals surface area contributed by atoms with Crippen LogP contribution in [0.2, 0.25) is 0 Å². The van der Waals surface area contributed by atoms with Crippen LogP contribution in [-0.4, -0.2) is 38.8 Å². The largest absolute Gasteiger partial charge is 0.480 e. The van der Waals surface area contributed by atoms with Gasteiger partial charge >= 0.3 is 5.97 Å². The predicted molar refractivity (Wildman–Crippen MR) is 76.8 cm³/mol. The van der Waals surface area contributed by atoms with E-state index in [0.717, 1.165) is 24.2 Å². The van der Waals surface area contributed by atoms with Gasteiger partial charge in [0.2, 0.25) is 0 Å². The van der Waals surface area contributed by atoms with Crippen LogP contribution < -0.4 is 0 Å². The molecule has 20 heavy (non-hydrogen) atoms. The summed E-state index contributed by atoms with van der Waals surface area (Å²) in [6.45, 7) is 3.47. The standard InChI is InChI=1S/C15H19N3O2/c1-2-8-17(12-15(19)20)10-13-9-16-18(11-13)14-6-4-3-5-7-14/h3-7,9,11H,2,8,10,12H2,1H3,(H,19,20). The first-order valence-corrected chi connectivity index (χ1v) is 6.72. The molecule has 0 aliphatic carbocycles. The van der Waals surface area contributed by atoms with Crippen LogP contribution >= 0.6 is 0 Å². The van der Waals surface area contributed by atoms with Crippen molar-refractivity contribution in [2.24, 2.45) is 0 Å². The average Bonchev–Trinajstić information content (AvgIpc) is 2.88. The second-order valence-corrected chi connectivity index (χ2v) is 4.73. The minimum absolute atomic E-state index is 0.0599. The monoisotopic (exact) mass is 273 g/mol. The van der Waals surface area contributed by atoms with E-state index in [-0.39, 0.29) is 6.54 Å². The van der Waals surface area contributed by atoms with Crippen molar-refractivity contribution in [3.05, 3.63) is 48.3 Å². The number of rotatable bonds is 7. The van der Waals surface area contributed by atoms with Crippen LogP contribution in [0.1, 0.15) is 18.9 Å². The molecule has 0 aliphatic heterocycles. The molecule has 5 nitrogen and oxygen atoms in total. The zero-order valence-electron chi connectivity index (χ0n) is 11.6. The van der Waals surface area contributed by atoms with Gasteiger partial charge in [-0.25, -0.2) is 4.68 Å². The molecule has 0 bridgehead atoms. The van der Waals surface area contributed by atoms with Crippen LogP contribution in [0.3, 0.4) is 0 Å². The lowest BCUT2D eigenvalue weighted by molar-refractivity contribution is -0.138. The Labute approximate surface area is 118 Å². The fourth-order valence-corrected chi connectivity index (χ4v) is 2.14. The highest BCUT2D eigenvalue weighted by molar-refractivity contribution is 5.69. The minimum atomic E-state index is -0.797. The molecule has 0 radical (unpaired) electrons. The second-order valence-electron chi connectivity index (χ2n) is 4.73. The van der Waals surface area contributed by atoms with Crippen molar-refractivity contribution in [1.82, 2.24) is 14.7 Å². The van der Waals surface area contributed by atoms with Crippen molar-refractivity contribution < 1.29 is 9.90 Å². The summed E-state index contributed by atoms with van der Waals surface area (Å²) in [7, 11) is 0. The summed E-state index contributed by atoms with van der Waals surface area (Å²) in [4.78, 5) is 12.8. The van der Waals surface area contributed by atoms with Gasteiger partial charge in [0.15, 0.2) is 0 Å². The second kappa shape index (κ2) is 6.86. The van der Waals surface area contributed by atoms with E-state index in [1.54, 1.807) is 10.9 Å². The molecule has 0 saturated carbocycles.